The molecule has 1 saturated carbocycles. The van der Waals surface area contributed by atoms with E-state index in [0.29, 0.717) is 11.4 Å². The molecule has 0 bridgehead atoms. The number of sulfonamides is 1. The number of benzene rings is 3. The molecular weight excluding hydrogens is 550 g/mol. The van der Waals surface area contributed by atoms with Gasteiger partial charge in [0.1, 0.15) is 18.3 Å². The third-order valence-corrected chi connectivity index (χ3v) is 9.57. The van der Waals surface area contributed by atoms with Crippen molar-refractivity contribution in [2.45, 2.75) is 76.4 Å². The zero-order valence-electron chi connectivity index (χ0n) is 24.9. The number of ether oxygens (including phenoxy) is 1. The van der Waals surface area contributed by atoms with Gasteiger partial charge in [-0.2, -0.15) is 0 Å². The Balaban J connectivity index is 1.68. The molecule has 0 heterocycles. The van der Waals surface area contributed by atoms with E-state index in [1.165, 1.54) is 4.90 Å². The van der Waals surface area contributed by atoms with Crippen molar-refractivity contribution < 1.29 is 22.7 Å². The fraction of sp³-hybridized carbons (Fsp3) is 0.394. The van der Waals surface area contributed by atoms with Gasteiger partial charge in [0, 0.05) is 12.6 Å². The van der Waals surface area contributed by atoms with Crippen molar-refractivity contribution in [2.75, 3.05) is 18.0 Å². The SMILES string of the molecule is COc1cccc(CN(C(=O)CN(c2cccc(C)c2)S(=O)(=O)c2ccc(C)cc2)[C@@H](C)C(=O)NC2CCCCC2)c1. The molecule has 3 aromatic carbocycles. The lowest BCUT2D eigenvalue weighted by Crippen LogP contribution is -2.53. The molecule has 42 heavy (non-hydrogen) atoms. The van der Waals surface area contributed by atoms with Gasteiger partial charge in [-0.15, -0.1) is 0 Å². The van der Waals surface area contributed by atoms with Crippen LogP contribution in [0.4, 0.5) is 5.69 Å². The number of amides is 2. The minimum absolute atomic E-state index is 0.0770. The highest BCUT2D eigenvalue weighted by Gasteiger charge is 2.33. The molecule has 1 fully saturated rings. The first kappa shape index (κ1) is 31.1. The van der Waals surface area contributed by atoms with E-state index in [2.05, 4.69) is 5.32 Å². The second-order valence-electron chi connectivity index (χ2n) is 11.1. The van der Waals surface area contributed by atoms with E-state index in [4.69, 9.17) is 4.74 Å². The highest BCUT2D eigenvalue weighted by atomic mass is 32.2. The van der Waals surface area contributed by atoms with Crippen LogP contribution in [-0.4, -0.2) is 50.9 Å². The number of anilines is 1. The third-order valence-electron chi connectivity index (χ3n) is 7.78. The lowest BCUT2D eigenvalue weighted by Gasteiger charge is -2.33. The maximum Gasteiger partial charge on any atom is 0.264 e. The molecule has 224 valence electrons. The van der Waals surface area contributed by atoms with Crippen LogP contribution < -0.4 is 14.4 Å². The quantitative estimate of drug-likeness (QED) is 0.323. The van der Waals surface area contributed by atoms with Crippen molar-refractivity contribution in [3.05, 3.63) is 89.5 Å². The van der Waals surface area contributed by atoms with E-state index in [1.54, 1.807) is 56.5 Å². The Kier molecular flexibility index (Phi) is 10.3. The molecule has 4 rings (SSSR count). The number of carbonyl (C=O) groups is 2. The molecule has 1 aliphatic rings. The van der Waals surface area contributed by atoms with Gasteiger partial charge in [-0.3, -0.25) is 13.9 Å². The zero-order valence-corrected chi connectivity index (χ0v) is 25.7. The number of aryl methyl sites for hydroxylation is 2. The van der Waals surface area contributed by atoms with E-state index in [0.717, 1.165) is 53.1 Å². The van der Waals surface area contributed by atoms with E-state index < -0.39 is 28.5 Å². The summed E-state index contributed by atoms with van der Waals surface area (Å²) in [7, 11) is -2.54. The molecule has 3 aromatic rings. The summed E-state index contributed by atoms with van der Waals surface area (Å²) >= 11 is 0. The maximum absolute atomic E-state index is 14.1. The van der Waals surface area contributed by atoms with Gasteiger partial charge in [-0.1, -0.05) is 61.2 Å². The van der Waals surface area contributed by atoms with Crippen LogP contribution in [-0.2, 0) is 26.2 Å². The molecular formula is C33H41N3O5S. The van der Waals surface area contributed by atoms with E-state index in [-0.39, 0.29) is 23.4 Å². The Morgan fingerprint density at radius 1 is 0.929 bits per heavy atom. The molecule has 2 amide bonds. The first-order valence-corrected chi connectivity index (χ1v) is 15.9. The van der Waals surface area contributed by atoms with Gasteiger partial charge < -0.3 is 15.0 Å². The topological polar surface area (TPSA) is 96.0 Å². The van der Waals surface area contributed by atoms with Crippen LogP contribution in [0.25, 0.3) is 0 Å². The lowest BCUT2D eigenvalue weighted by atomic mass is 9.95. The van der Waals surface area contributed by atoms with E-state index in [9.17, 15) is 18.0 Å². The van der Waals surface area contributed by atoms with Gasteiger partial charge in [-0.25, -0.2) is 8.42 Å². The largest absolute Gasteiger partial charge is 0.497 e. The summed E-state index contributed by atoms with van der Waals surface area (Å²) < 4.78 is 34.5. The minimum Gasteiger partial charge on any atom is -0.497 e. The molecule has 0 aliphatic heterocycles. The van der Waals surface area contributed by atoms with Crippen molar-refractivity contribution in [1.29, 1.82) is 0 Å². The number of hydrogen-bond donors (Lipinski definition) is 1. The second kappa shape index (κ2) is 13.9. The van der Waals surface area contributed by atoms with Crippen molar-refractivity contribution in [3.63, 3.8) is 0 Å². The van der Waals surface area contributed by atoms with Crippen molar-refractivity contribution in [2.24, 2.45) is 0 Å². The number of nitrogens with zero attached hydrogens (tertiary/aromatic N) is 2. The van der Waals surface area contributed by atoms with Gasteiger partial charge in [0.2, 0.25) is 11.8 Å². The highest BCUT2D eigenvalue weighted by Crippen LogP contribution is 2.26. The second-order valence-corrected chi connectivity index (χ2v) is 12.9. The lowest BCUT2D eigenvalue weighted by molar-refractivity contribution is -0.139. The standard InChI is InChI=1S/C33H41N3O5S/c1-24-16-18-31(19-17-24)42(39,40)36(29-14-8-10-25(2)20-29)23-32(37)35(22-27-11-9-15-30(21-27)41-4)26(3)33(38)34-28-12-6-5-7-13-28/h8-11,14-21,26,28H,5-7,12-13,22-23H2,1-4H3,(H,34,38)/t26-/m0/s1. The van der Waals surface area contributed by atoms with Gasteiger partial charge in [-0.05, 0) is 81.1 Å². The fourth-order valence-corrected chi connectivity index (χ4v) is 6.67. The Morgan fingerprint density at radius 2 is 1.62 bits per heavy atom. The summed E-state index contributed by atoms with van der Waals surface area (Å²) in [4.78, 5) is 29.2. The summed E-state index contributed by atoms with van der Waals surface area (Å²) in [5, 5.41) is 3.13. The van der Waals surface area contributed by atoms with Crippen LogP contribution in [0.1, 0.15) is 55.7 Å². The van der Waals surface area contributed by atoms with Crippen LogP contribution in [0, 0.1) is 13.8 Å². The van der Waals surface area contributed by atoms with Gasteiger partial charge >= 0.3 is 0 Å². The van der Waals surface area contributed by atoms with Crippen LogP contribution in [0.15, 0.2) is 77.7 Å². The first-order valence-electron chi connectivity index (χ1n) is 14.5. The monoisotopic (exact) mass is 591 g/mol. The Labute approximate surface area is 249 Å². The van der Waals surface area contributed by atoms with Crippen LogP contribution >= 0.6 is 0 Å². The van der Waals surface area contributed by atoms with Crippen molar-refractivity contribution >= 4 is 27.5 Å². The predicted molar refractivity (Wildman–Crippen MR) is 165 cm³/mol. The smallest absolute Gasteiger partial charge is 0.264 e. The third kappa shape index (κ3) is 7.70. The molecule has 0 aromatic heterocycles. The Hall–Kier alpha value is -3.85. The molecule has 0 radical (unpaired) electrons. The molecule has 0 saturated heterocycles. The molecule has 0 spiro atoms. The van der Waals surface area contributed by atoms with Crippen LogP contribution in [0.5, 0.6) is 5.75 Å². The van der Waals surface area contributed by atoms with Crippen LogP contribution in [0.2, 0.25) is 0 Å². The Bertz CT molecular complexity index is 1480. The summed E-state index contributed by atoms with van der Waals surface area (Å²) in [6, 6.07) is 20.2. The number of nitrogens with one attached hydrogen (secondary N) is 1. The predicted octanol–water partition coefficient (Wildman–Crippen LogP) is 5.37. The van der Waals surface area contributed by atoms with Gasteiger partial charge in [0.25, 0.3) is 10.0 Å². The van der Waals surface area contributed by atoms with Crippen LogP contribution in [0.3, 0.4) is 0 Å². The minimum atomic E-state index is -4.10. The maximum atomic E-state index is 14.1. The summed E-state index contributed by atoms with van der Waals surface area (Å²) in [5.41, 5.74) is 2.93. The molecule has 9 heteroatoms. The molecule has 1 aliphatic carbocycles. The van der Waals surface area contributed by atoms with Crippen molar-refractivity contribution in [3.8, 4) is 5.75 Å². The summed E-state index contributed by atoms with van der Waals surface area (Å²) in [6.07, 6.45) is 5.12. The van der Waals surface area contributed by atoms with E-state index >= 15 is 0 Å². The summed E-state index contributed by atoms with van der Waals surface area (Å²) in [5.74, 6) is -0.106. The number of hydrogen-bond acceptors (Lipinski definition) is 5. The summed E-state index contributed by atoms with van der Waals surface area (Å²) in [6.45, 7) is 5.09. The fourth-order valence-electron chi connectivity index (χ4n) is 5.27. The normalized spacial score (nSPS) is 14.6. The Morgan fingerprint density at radius 3 is 2.29 bits per heavy atom. The molecule has 1 atom stereocenters. The highest BCUT2D eigenvalue weighted by molar-refractivity contribution is 7.92. The average molecular weight is 592 g/mol. The van der Waals surface area contributed by atoms with Crippen molar-refractivity contribution in [1.82, 2.24) is 10.2 Å². The number of carbonyl (C=O) groups excluding carboxylic acids is 2. The van der Waals surface area contributed by atoms with E-state index in [1.807, 2.05) is 44.2 Å². The average Bonchev–Trinajstić information content (AvgIpc) is 2.99. The first-order chi connectivity index (χ1) is 20.1. The number of rotatable bonds is 11. The molecule has 1 N–H and O–H groups in total. The zero-order chi connectivity index (χ0) is 30.3. The van der Waals surface area contributed by atoms with Gasteiger partial charge in [0.15, 0.2) is 0 Å². The molecule has 0 unspecified atom stereocenters. The number of methoxy groups -OCH3 is 1. The van der Waals surface area contributed by atoms with Gasteiger partial charge in [0.05, 0.1) is 17.7 Å². The molecule has 8 nitrogen and oxygen atoms in total.